The smallest absolute Gasteiger partial charge is 0.349 e. The summed E-state index contributed by atoms with van der Waals surface area (Å²) in [5, 5.41) is 130. The molecule has 39 nitrogen and oxygen atoms in total. The quantitative estimate of drug-likeness (QED) is 0.0433. The summed E-state index contributed by atoms with van der Waals surface area (Å²) in [5.41, 5.74) is 3.66. The van der Waals surface area contributed by atoms with Crippen molar-refractivity contribution >= 4 is 105 Å². The largest absolute Gasteiger partial charge is 0.508 e. The number of phenolic OH excluding ortho intramolecular Hbond substituents is 3. The molecule has 7 aliphatic heterocycles. The first kappa shape index (κ1) is 93.1. The molecule has 125 heavy (non-hydrogen) atoms. The number of anilines is 1. The third-order valence-corrected chi connectivity index (χ3v) is 22.8. The lowest BCUT2D eigenvalue weighted by Crippen LogP contribution is -2.65. The summed E-state index contributed by atoms with van der Waals surface area (Å²) in [4.78, 5) is 155. The minimum atomic E-state index is -2.39. The zero-order chi connectivity index (χ0) is 90.5. The number of nitrogens with one attached hydrogen (secondary N) is 10. The summed E-state index contributed by atoms with van der Waals surface area (Å²) in [6.07, 6.45) is -18.3. The molecule has 8 heterocycles. The van der Waals surface area contributed by atoms with Crippen molar-refractivity contribution in [3.8, 4) is 57.1 Å². The molecule has 0 spiro atoms. The molecule has 7 aliphatic rings. The number of halogens is 4. The van der Waals surface area contributed by atoms with Crippen molar-refractivity contribution in [2.45, 2.75) is 176 Å². The number of nitrogens with two attached hydrogens (primary N) is 1. The van der Waals surface area contributed by atoms with Gasteiger partial charge in [0, 0.05) is 48.4 Å². The second-order valence-corrected chi connectivity index (χ2v) is 32.5. The predicted molar refractivity (Wildman–Crippen MR) is 443 cm³/mol. The number of benzene rings is 6. The first-order chi connectivity index (χ1) is 59.3. The first-order valence-corrected chi connectivity index (χ1v) is 40.8. The van der Waals surface area contributed by atoms with E-state index in [0.717, 1.165) is 66.7 Å². The van der Waals surface area contributed by atoms with E-state index >= 15 is 24.0 Å². The van der Waals surface area contributed by atoms with E-state index in [4.69, 9.17) is 85.4 Å². The van der Waals surface area contributed by atoms with E-state index in [0.29, 0.717) is 10.6 Å². The Balaban J connectivity index is 0.998. The summed E-state index contributed by atoms with van der Waals surface area (Å²) >= 11 is 26.5. The summed E-state index contributed by atoms with van der Waals surface area (Å²) < 4.78 is 40.6. The van der Waals surface area contributed by atoms with Gasteiger partial charge in [0.15, 0.2) is 23.9 Å². The standard InChI is InChI=1S/C82H91Cl4N13O26/c1-7-119-98-79(117)63-42-28-40(101)29-50(103)60(42)41-23-36(9-13-49(41)102)61-75(113)97-65(78(116)95-63)67(107)38-11-15-52(46(86)25-38)122-54-27-39-26-53(121-51-14-10-37(24-45(51)85)66(106)64(96-73(111)47(88-6)20-33(2)3)77(115)90-48(30-56(87)104)74(112)93-62(39)76(114)94-61)70(54)125-80-71(69(109)68(108)55(32-100)123-80)124-59-31-82(5,72(110)34(4)120-59)89-17-19-99-18-16-57(92-81(99)118)91-58(105)22-35-8-12-43(83)44(84)21-35/h8-16,18,21,23-29,33-34,47-48,55,59,61-69,71-72,80,88-89,100-103,106-110H,7,17,19-20,22,30-32H2,1-6H3,(H2,87,104)(H,90,115)(H,93,112)(H,94,114)(H,95,116)(H,96,111)(H,97,113)(H,98,117)(H,91,92,105,118)/t34-,47+,48-,55+,59-,61+,62+,63+,64+,65-,66+,67+,68+,69-,71+,72+,80-,82-/m0/s1. The van der Waals surface area contributed by atoms with Gasteiger partial charge in [0.05, 0.1) is 64.4 Å². The molecule has 0 radical (unpaired) electrons. The lowest BCUT2D eigenvalue weighted by atomic mass is 9.85. The summed E-state index contributed by atoms with van der Waals surface area (Å²) in [5.74, 6) is -16.0. The lowest BCUT2D eigenvalue weighted by molar-refractivity contribution is -0.334. The third kappa shape index (κ3) is 21.2. The maximum atomic E-state index is 16.3. The second-order valence-electron chi connectivity index (χ2n) is 30.9. The maximum absolute atomic E-state index is 16.3. The van der Waals surface area contributed by atoms with E-state index in [1.807, 2.05) is 13.8 Å². The Bertz CT molecular complexity index is 5370. The summed E-state index contributed by atoms with van der Waals surface area (Å²) in [7, 11) is 1.47. The first-order valence-electron chi connectivity index (χ1n) is 39.3. The Morgan fingerprint density at radius 2 is 1.36 bits per heavy atom. The molecule has 21 N–H and O–H groups in total. The van der Waals surface area contributed by atoms with Crippen molar-refractivity contribution in [3.63, 3.8) is 0 Å². The number of primary amides is 1. The number of fused-ring (bicyclic) bond motifs is 15. The number of amides is 9. The molecule has 7 aromatic rings. The van der Waals surface area contributed by atoms with E-state index in [1.165, 1.54) is 62.0 Å². The van der Waals surface area contributed by atoms with Crippen LogP contribution in [0.3, 0.4) is 0 Å². The van der Waals surface area contributed by atoms with Crippen LogP contribution in [0.4, 0.5) is 5.82 Å². The van der Waals surface area contributed by atoms with Crippen LogP contribution in [0.1, 0.15) is 118 Å². The van der Waals surface area contributed by atoms with E-state index in [2.05, 4.69) is 58.3 Å². The van der Waals surface area contributed by atoms with Crippen LogP contribution in [-0.2, 0) is 75.2 Å². The van der Waals surface area contributed by atoms with Crippen LogP contribution in [-0.4, -0.2) is 214 Å². The molecule has 14 rings (SSSR count). The molecule has 9 amide bonds. The van der Waals surface area contributed by atoms with Gasteiger partial charge in [-0.3, -0.25) is 52.6 Å². The molecule has 6 aromatic carbocycles. The van der Waals surface area contributed by atoms with Gasteiger partial charge in [-0.2, -0.15) is 4.98 Å². The highest BCUT2D eigenvalue weighted by Crippen LogP contribution is 2.50. The van der Waals surface area contributed by atoms with Gasteiger partial charge in [0.2, 0.25) is 59.3 Å². The van der Waals surface area contributed by atoms with Crippen molar-refractivity contribution in [3.05, 3.63) is 173 Å². The van der Waals surface area contributed by atoms with Crippen LogP contribution in [0.15, 0.2) is 114 Å². The number of carbonyl (C=O) groups excluding carboxylic acids is 9. The highest BCUT2D eigenvalue weighted by Gasteiger charge is 2.52. The monoisotopic (exact) mass is 1810 g/mol. The zero-order valence-electron chi connectivity index (χ0n) is 67.4. The molecule has 0 unspecified atom stereocenters. The Hall–Kier alpha value is -11.1. The van der Waals surface area contributed by atoms with Crippen LogP contribution in [0.5, 0.6) is 46.0 Å². The molecule has 43 heteroatoms. The number of phenols is 3. The number of hydrogen-bond acceptors (Lipinski definition) is 29. The number of aliphatic hydroxyl groups is 6. The SMILES string of the molecule is CCONC(=O)[C@@H]1NC(=O)[C@H]2NC(=O)[C@H](NC(=O)[C@@H]3NC(=O)[C@H](CC(N)=O)NC(=O)[C@H](NC(=O)[C@@H](CC(C)C)NC)[C@H](O)c4ccc(c(Cl)c4)Oc4cc3cc(c4O[C@@H]3O[C@H](CO)[C@@H](O)[C@H](O)[C@H]3O[C@H]3C[C@](C)(NCCn4ccc(NC(=O)Cc5ccc(Cl)c(Cl)c5)nc4=O)[C@H](O)[C@H](C)O3)Oc3ccc(cc3Cl)[C@H]2O)c2ccc(O)c(c2)-c2c(O)cc(O)cc21. The van der Waals surface area contributed by atoms with Crippen molar-refractivity contribution in [2.24, 2.45) is 11.7 Å². The normalized spacial score (nSPS) is 25.9. The molecule has 668 valence electrons. The Morgan fingerprint density at radius 3 is 1.99 bits per heavy atom. The average molecular weight is 1820 g/mol. The summed E-state index contributed by atoms with van der Waals surface area (Å²) in [6.45, 7) is 6.94. The van der Waals surface area contributed by atoms with Crippen molar-refractivity contribution in [1.29, 1.82) is 0 Å². The number of aromatic hydroxyl groups is 3. The molecule has 0 saturated carbocycles. The summed E-state index contributed by atoms with van der Waals surface area (Å²) in [6, 6.07) is 5.66. The van der Waals surface area contributed by atoms with Gasteiger partial charge >= 0.3 is 5.69 Å². The molecule has 18 atom stereocenters. The highest BCUT2D eigenvalue weighted by molar-refractivity contribution is 6.42. The molecule has 2 fully saturated rings. The van der Waals surface area contributed by atoms with E-state index in [-0.39, 0.29) is 78.2 Å². The molecule has 0 aliphatic carbocycles. The van der Waals surface area contributed by atoms with Crippen molar-refractivity contribution in [2.75, 3.05) is 32.1 Å². The van der Waals surface area contributed by atoms with Gasteiger partial charge in [-0.25, -0.2) is 10.3 Å². The molecule has 11 bridgehead atoms. The highest BCUT2D eigenvalue weighted by atomic mass is 35.5. The molecular formula is C82H91Cl4N13O26. The van der Waals surface area contributed by atoms with Crippen LogP contribution in [0.2, 0.25) is 20.1 Å². The van der Waals surface area contributed by atoms with E-state index < -0.39 is 254 Å². The number of rotatable bonds is 22. The van der Waals surface area contributed by atoms with Gasteiger partial charge in [-0.1, -0.05) is 84.5 Å². The Morgan fingerprint density at radius 1 is 0.704 bits per heavy atom. The van der Waals surface area contributed by atoms with Gasteiger partial charge < -0.3 is 128 Å². The number of aliphatic hydroxyl groups excluding tert-OH is 6. The fraction of sp³-hybridized carbons (Fsp3) is 0.402. The lowest BCUT2D eigenvalue weighted by Gasteiger charge is -2.48. The van der Waals surface area contributed by atoms with Gasteiger partial charge in [-0.05, 0) is 146 Å². The number of hydrogen-bond donors (Lipinski definition) is 20. The minimum absolute atomic E-state index is 0.0396. The van der Waals surface area contributed by atoms with Gasteiger partial charge in [-0.15, -0.1) is 0 Å². The fourth-order valence-electron chi connectivity index (χ4n) is 15.0. The number of hydroxylamine groups is 1. The van der Waals surface area contributed by atoms with Gasteiger partial charge in [0.25, 0.3) is 5.91 Å². The zero-order valence-corrected chi connectivity index (χ0v) is 70.4. The second kappa shape index (κ2) is 39.6. The molecular weight excluding hydrogens is 1720 g/mol. The molecule has 1 aromatic heterocycles. The van der Waals surface area contributed by atoms with Crippen molar-refractivity contribution in [1.82, 2.24) is 57.6 Å². The van der Waals surface area contributed by atoms with Crippen LogP contribution in [0, 0.1) is 5.92 Å². The van der Waals surface area contributed by atoms with Crippen LogP contribution < -0.4 is 79.0 Å². The van der Waals surface area contributed by atoms with Gasteiger partial charge in [0.1, 0.15) is 101 Å². The number of nitrogens with zero attached hydrogens (tertiary/aromatic N) is 2. The molecule has 2 saturated heterocycles. The van der Waals surface area contributed by atoms with Crippen molar-refractivity contribution < 1.29 is 122 Å². The topological polar surface area (TPSA) is 582 Å². The minimum Gasteiger partial charge on any atom is -0.508 e. The van der Waals surface area contributed by atoms with Crippen LogP contribution in [0.25, 0.3) is 11.1 Å². The fourth-order valence-corrected chi connectivity index (χ4v) is 15.8. The maximum Gasteiger partial charge on any atom is 0.349 e. The predicted octanol–water partition coefficient (Wildman–Crippen LogP) is 2.47. The number of likely N-dealkylation sites (N-methyl/N-ethyl adjacent to an activating group) is 1. The van der Waals surface area contributed by atoms with E-state index in [9.17, 15) is 69.9 Å². The van der Waals surface area contributed by atoms with Crippen LogP contribution >= 0.6 is 46.4 Å². The Labute approximate surface area is 731 Å². The number of ether oxygens (including phenoxy) is 6. The van der Waals surface area contributed by atoms with E-state index in [1.54, 1.807) is 13.0 Å². The third-order valence-electron chi connectivity index (χ3n) is 21.4. The Kier molecular flexibility index (Phi) is 29.5. The number of carbonyl (C=O) groups is 9. The number of aromatic nitrogens is 2. The average Bonchev–Trinajstić information content (AvgIpc) is 0.767.